The summed E-state index contributed by atoms with van der Waals surface area (Å²) in [7, 11) is 0. The smallest absolute Gasteiger partial charge is 0.484 e. The van der Waals surface area contributed by atoms with Crippen molar-refractivity contribution < 1.29 is 36.9 Å². The molecule has 1 saturated carbocycles. The van der Waals surface area contributed by atoms with E-state index in [0.717, 1.165) is 12.8 Å². The summed E-state index contributed by atoms with van der Waals surface area (Å²) in [6.45, 7) is 1.08. The lowest BCUT2D eigenvalue weighted by atomic mass is 9.83. The van der Waals surface area contributed by atoms with E-state index in [0.29, 0.717) is 43.4 Å². The highest BCUT2D eigenvalue weighted by molar-refractivity contribution is 6.30. The predicted molar refractivity (Wildman–Crippen MR) is 102 cm³/mol. The molecule has 2 aliphatic rings. The molecule has 0 radical (unpaired) electrons. The molecule has 0 bridgehead atoms. The molecule has 2 atom stereocenters. The fourth-order valence-electron chi connectivity index (χ4n) is 3.46. The Kier molecular flexibility index (Phi) is 8.21. The molecule has 1 aromatic carbocycles. The molecule has 3 rings (SSSR count). The third kappa shape index (κ3) is 7.94. The monoisotopic (exact) mass is 451 g/mol. The van der Waals surface area contributed by atoms with Crippen molar-refractivity contribution in [3.8, 4) is 5.75 Å². The Labute approximate surface area is 177 Å². The number of halogens is 4. The summed E-state index contributed by atoms with van der Waals surface area (Å²) in [5.74, 6) is 0.428. The molecular formula is C20H25ClF3NO5. The van der Waals surface area contributed by atoms with Crippen LogP contribution in [0.2, 0.25) is 5.02 Å². The number of ether oxygens (including phenoxy) is 4. The topological polar surface area (TPSA) is 66.0 Å². The summed E-state index contributed by atoms with van der Waals surface area (Å²) < 4.78 is 56.9. The zero-order valence-electron chi connectivity index (χ0n) is 16.3. The van der Waals surface area contributed by atoms with Crippen molar-refractivity contribution >= 4 is 17.5 Å². The Morgan fingerprint density at radius 1 is 1.17 bits per heavy atom. The largest absolute Gasteiger partial charge is 0.522 e. The van der Waals surface area contributed by atoms with Crippen LogP contribution in [0, 0.1) is 5.92 Å². The second kappa shape index (κ2) is 10.7. The first-order chi connectivity index (χ1) is 14.3. The lowest BCUT2D eigenvalue weighted by molar-refractivity contribution is -0.355. The molecule has 1 heterocycles. The van der Waals surface area contributed by atoms with Gasteiger partial charge in [0.1, 0.15) is 5.75 Å². The molecule has 1 saturated heterocycles. The van der Waals surface area contributed by atoms with Crippen LogP contribution in [0.3, 0.4) is 0 Å². The number of carbonyl (C=O) groups excluding carboxylic acids is 1. The van der Waals surface area contributed by atoms with Crippen molar-refractivity contribution in [1.29, 1.82) is 0 Å². The minimum absolute atomic E-state index is 0.0780. The number of alkyl halides is 3. The first-order valence-corrected chi connectivity index (χ1v) is 10.3. The zero-order valence-corrected chi connectivity index (χ0v) is 17.1. The van der Waals surface area contributed by atoms with Crippen molar-refractivity contribution in [3.63, 3.8) is 0 Å². The lowest BCUT2D eigenvalue weighted by Gasteiger charge is -2.35. The lowest BCUT2D eigenvalue weighted by Crippen LogP contribution is -2.45. The maximum absolute atomic E-state index is 12.1. The SMILES string of the molecule is O=C(COc1ccc(Cl)cc1)N[C@H]1CC[C@H](COC[C@H]2C[C@@H](OC(F)(F)F)C2)OC1. The van der Waals surface area contributed by atoms with E-state index in [1.807, 2.05) is 0 Å². The minimum atomic E-state index is -4.57. The van der Waals surface area contributed by atoms with E-state index in [2.05, 4.69) is 10.1 Å². The molecule has 30 heavy (non-hydrogen) atoms. The molecule has 168 valence electrons. The average molecular weight is 452 g/mol. The fraction of sp³-hybridized carbons (Fsp3) is 0.650. The molecule has 1 aliphatic carbocycles. The summed E-state index contributed by atoms with van der Waals surface area (Å²) in [6, 6.07) is 6.67. The minimum Gasteiger partial charge on any atom is -0.484 e. The number of amides is 1. The number of carbonyl (C=O) groups is 1. The number of rotatable bonds is 9. The molecule has 1 N–H and O–H groups in total. The van der Waals surface area contributed by atoms with E-state index in [-0.39, 0.29) is 30.6 Å². The molecule has 10 heteroatoms. The first kappa shape index (κ1) is 23.1. The van der Waals surface area contributed by atoms with Crippen LogP contribution >= 0.6 is 11.6 Å². The van der Waals surface area contributed by atoms with E-state index in [4.69, 9.17) is 25.8 Å². The summed E-state index contributed by atoms with van der Waals surface area (Å²) in [4.78, 5) is 12.0. The van der Waals surface area contributed by atoms with Crippen LogP contribution in [0.5, 0.6) is 5.75 Å². The molecular weight excluding hydrogens is 427 g/mol. The van der Waals surface area contributed by atoms with Gasteiger partial charge in [-0.2, -0.15) is 0 Å². The van der Waals surface area contributed by atoms with Gasteiger partial charge in [0.2, 0.25) is 0 Å². The van der Waals surface area contributed by atoms with Gasteiger partial charge in [-0.25, -0.2) is 0 Å². The summed E-state index contributed by atoms with van der Waals surface area (Å²) in [5, 5.41) is 3.47. The Morgan fingerprint density at radius 2 is 1.90 bits per heavy atom. The molecule has 0 unspecified atom stereocenters. The highest BCUT2D eigenvalue weighted by atomic mass is 35.5. The predicted octanol–water partition coefficient (Wildman–Crippen LogP) is 3.71. The Hall–Kier alpha value is -1.55. The van der Waals surface area contributed by atoms with E-state index in [1.165, 1.54) is 0 Å². The average Bonchev–Trinajstić information content (AvgIpc) is 2.66. The van der Waals surface area contributed by atoms with Gasteiger partial charge in [-0.15, -0.1) is 13.2 Å². The number of hydrogen-bond acceptors (Lipinski definition) is 5. The molecule has 1 aromatic rings. The number of benzene rings is 1. The summed E-state index contributed by atoms with van der Waals surface area (Å²) in [5.41, 5.74) is 0. The molecule has 1 amide bonds. The van der Waals surface area contributed by atoms with Crippen molar-refractivity contribution in [2.75, 3.05) is 26.4 Å². The highest BCUT2D eigenvalue weighted by Gasteiger charge is 2.40. The normalized spacial score (nSPS) is 26.7. The maximum Gasteiger partial charge on any atom is 0.522 e. The van der Waals surface area contributed by atoms with Gasteiger partial charge in [-0.05, 0) is 55.9 Å². The Balaban J connectivity index is 1.22. The van der Waals surface area contributed by atoms with E-state index >= 15 is 0 Å². The highest BCUT2D eigenvalue weighted by Crippen LogP contribution is 2.34. The van der Waals surface area contributed by atoms with Crippen molar-refractivity contribution in [3.05, 3.63) is 29.3 Å². The van der Waals surface area contributed by atoms with E-state index < -0.39 is 12.5 Å². The van der Waals surface area contributed by atoms with Gasteiger partial charge < -0.3 is 19.5 Å². The van der Waals surface area contributed by atoms with E-state index in [1.54, 1.807) is 24.3 Å². The number of nitrogens with one attached hydrogen (secondary N) is 1. The second-order valence-corrected chi connectivity index (χ2v) is 8.04. The van der Waals surface area contributed by atoms with Crippen LogP contribution < -0.4 is 10.1 Å². The van der Waals surface area contributed by atoms with Gasteiger partial charge in [0.25, 0.3) is 5.91 Å². The zero-order chi connectivity index (χ0) is 21.6. The Morgan fingerprint density at radius 3 is 2.53 bits per heavy atom. The van der Waals surface area contributed by atoms with Crippen LogP contribution in [0.15, 0.2) is 24.3 Å². The fourth-order valence-corrected chi connectivity index (χ4v) is 3.59. The van der Waals surface area contributed by atoms with Gasteiger partial charge in [0, 0.05) is 11.6 Å². The third-order valence-corrected chi connectivity index (χ3v) is 5.32. The summed E-state index contributed by atoms with van der Waals surface area (Å²) in [6.07, 6.45) is -3.20. The van der Waals surface area contributed by atoms with Gasteiger partial charge in [-0.1, -0.05) is 11.6 Å². The van der Waals surface area contributed by atoms with Crippen LogP contribution in [0.1, 0.15) is 25.7 Å². The second-order valence-electron chi connectivity index (χ2n) is 7.60. The van der Waals surface area contributed by atoms with Crippen LogP contribution in [-0.2, 0) is 19.0 Å². The third-order valence-electron chi connectivity index (χ3n) is 5.07. The van der Waals surface area contributed by atoms with Gasteiger partial charge in [-0.3, -0.25) is 9.53 Å². The number of hydrogen-bond donors (Lipinski definition) is 1. The molecule has 1 aliphatic heterocycles. The standard InChI is InChI=1S/C20H25ClF3NO5/c21-14-1-4-16(5-2-14)29-12-19(26)25-15-3-6-17(28-10-15)11-27-9-13-7-18(8-13)30-20(22,23)24/h1-2,4-5,13,15,17-18H,3,6-12H2,(H,25,26)/t13-,15-,17+,18+/m0/s1. The maximum atomic E-state index is 12.1. The quantitative estimate of drug-likeness (QED) is 0.620. The van der Waals surface area contributed by atoms with E-state index in [9.17, 15) is 18.0 Å². The Bertz CT molecular complexity index is 674. The first-order valence-electron chi connectivity index (χ1n) is 9.88. The van der Waals surface area contributed by atoms with Gasteiger partial charge >= 0.3 is 6.36 Å². The molecule has 2 fully saturated rings. The molecule has 0 spiro atoms. The van der Waals surface area contributed by atoms with Crippen LogP contribution in [0.25, 0.3) is 0 Å². The molecule has 6 nitrogen and oxygen atoms in total. The van der Waals surface area contributed by atoms with Gasteiger partial charge in [0.05, 0.1) is 31.5 Å². The van der Waals surface area contributed by atoms with Gasteiger partial charge in [0.15, 0.2) is 6.61 Å². The van der Waals surface area contributed by atoms with Crippen molar-refractivity contribution in [2.45, 2.75) is 50.3 Å². The van der Waals surface area contributed by atoms with Crippen LogP contribution in [0.4, 0.5) is 13.2 Å². The molecule has 0 aromatic heterocycles. The van der Waals surface area contributed by atoms with Crippen molar-refractivity contribution in [1.82, 2.24) is 5.32 Å². The van der Waals surface area contributed by atoms with Crippen LogP contribution in [-0.4, -0.2) is 56.9 Å². The van der Waals surface area contributed by atoms with Crippen molar-refractivity contribution in [2.24, 2.45) is 5.92 Å². The summed E-state index contributed by atoms with van der Waals surface area (Å²) >= 11 is 5.80.